The zero-order valence-electron chi connectivity index (χ0n) is 15.4. The van der Waals surface area contributed by atoms with Crippen LogP contribution >= 0.6 is 0 Å². The fourth-order valence-electron chi connectivity index (χ4n) is 2.79. The first-order valence-electron chi connectivity index (χ1n) is 9.09. The Morgan fingerprint density at radius 3 is 2.63 bits per heavy atom. The van der Waals surface area contributed by atoms with Gasteiger partial charge in [-0.05, 0) is 25.5 Å². The fourth-order valence-corrected chi connectivity index (χ4v) is 2.79. The minimum absolute atomic E-state index is 0.252. The summed E-state index contributed by atoms with van der Waals surface area (Å²) in [7, 11) is 0. The Bertz CT molecular complexity index is 931. The predicted molar refractivity (Wildman–Crippen MR) is 107 cm³/mol. The third kappa shape index (κ3) is 3.95. The third-order valence-corrected chi connectivity index (χ3v) is 4.43. The van der Waals surface area contributed by atoms with Crippen LogP contribution in [0.4, 0.5) is 17.5 Å². The van der Waals surface area contributed by atoms with Crippen LogP contribution in [-0.4, -0.2) is 22.8 Å². The first kappa shape index (κ1) is 17.1. The molecule has 6 heteroatoms. The molecule has 0 aliphatic carbocycles. The number of nitrogens with one attached hydrogen (secondary N) is 2. The van der Waals surface area contributed by atoms with Gasteiger partial charge in [0.2, 0.25) is 12.7 Å². The summed E-state index contributed by atoms with van der Waals surface area (Å²) in [5.74, 6) is 2.79. The lowest BCUT2D eigenvalue weighted by atomic mass is 10.1. The van der Waals surface area contributed by atoms with Crippen molar-refractivity contribution < 1.29 is 9.47 Å². The second-order valence-electron chi connectivity index (χ2n) is 6.47. The quantitative estimate of drug-likeness (QED) is 0.655. The largest absolute Gasteiger partial charge is 0.454 e. The maximum Gasteiger partial charge on any atom is 0.231 e. The molecule has 4 rings (SSSR count). The van der Waals surface area contributed by atoms with Crippen molar-refractivity contribution in [2.24, 2.45) is 0 Å². The monoisotopic (exact) mass is 362 g/mol. The van der Waals surface area contributed by atoms with Crippen molar-refractivity contribution in [3.8, 4) is 22.8 Å². The van der Waals surface area contributed by atoms with Crippen LogP contribution in [0.15, 0.2) is 54.6 Å². The first-order chi connectivity index (χ1) is 13.2. The van der Waals surface area contributed by atoms with Gasteiger partial charge in [0.25, 0.3) is 0 Å². The lowest BCUT2D eigenvalue weighted by molar-refractivity contribution is 0.174. The summed E-state index contributed by atoms with van der Waals surface area (Å²) >= 11 is 0. The van der Waals surface area contributed by atoms with E-state index in [4.69, 9.17) is 14.5 Å². The number of hydrogen-bond donors (Lipinski definition) is 2. The van der Waals surface area contributed by atoms with Gasteiger partial charge in [-0.25, -0.2) is 4.98 Å². The van der Waals surface area contributed by atoms with Crippen molar-refractivity contribution in [2.45, 2.75) is 26.3 Å². The van der Waals surface area contributed by atoms with Crippen LogP contribution < -0.4 is 20.1 Å². The zero-order valence-corrected chi connectivity index (χ0v) is 15.4. The molecule has 1 unspecified atom stereocenters. The average molecular weight is 362 g/mol. The molecule has 1 aliphatic rings. The lowest BCUT2D eigenvalue weighted by Crippen LogP contribution is -2.15. The number of ether oxygens (including phenoxy) is 2. The van der Waals surface area contributed by atoms with E-state index in [0.717, 1.165) is 40.7 Å². The van der Waals surface area contributed by atoms with Crippen LogP contribution in [0.5, 0.6) is 11.5 Å². The van der Waals surface area contributed by atoms with E-state index in [1.54, 1.807) is 0 Å². The van der Waals surface area contributed by atoms with E-state index >= 15 is 0 Å². The predicted octanol–water partition coefficient (Wildman–Crippen LogP) is 4.83. The van der Waals surface area contributed by atoms with Crippen LogP contribution in [0.2, 0.25) is 0 Å². The van der Waals surface area contributed by atoms with Gasteiger partial charge in [-0.2, -0.15) is 4.98 Å². The molecule has 0 spiro atoms. The van der Waals surface area contributed by atoms with Crippen molar-refractivity contribution in [3.05, 3.63) is 54.6 Å². The van der Waals surface area contributed by atoms with Gasteiger partial charge in [-0.15, -0.1) is 0 Å². The van der Waals surface area contributed by atoms with Gasteiger partial charge >= 0.3 is 0 Å². The smallest absolute Gasteiger partial charge is 0.231 e. The van der Waals surface area contributed by atoms with Crippen LogP contribution in [-0.2, 0) is 0 Å². The number of anilines is 3. The Labute approximate surface area is 158 Å². The Morgan fingerprint density at radius 2 is 1.81 bits per heavy atom. The van der Waals surface area contributed by atoms with Gasteiger partial charge in [0.05, 0.1) is 5.69 Å². The molecule has 27 heavy (non-hydrogen) atoms. The van der Waals surface area contributed by atoms with Gasteiger partial charge in [0.15, 0.2) is 11.5 Å². The molecule has 2 aromatic carbocycles. The van der Waals surface area contributed by atoms with Gasteiger partial charge in [-0.3, -0.25) is 0 Å². The molecule has 0 saturated carbocycles. The van der Waals surface area contributed by atoms with Crippen molar-refractivity contribution >= 4 is 17.5 Å². The van der Waals surface area contributed by atoms with E-state index < -0.39 is 0 Å². The number of nitrogens with zero attached hydrogens (tertiary/aromatic N) is 2. The highest BCUT2D eigenvalue weighted by molar-refractivity contribution is 5.67. The topological polar surface area (TPSA) is 68.3 Å². The molecule has 138 valence electrons. The van der Waals surface area contributed by atoms with Gasteiger partial charge in [0.1, 0.15) is 5.82 Å². The van der Waals surface area contributed by atoms with E-state index in [9.17, 15) is 0 Å². The molecule has 0 fully saturated rings. The zero-order chi connectivity index (χ0) is 18.6. The van der Waals surface area contributed by atoms with Crippen molar-refractivity contribution in [3.63, 3.8) is 0 Å². The summed E-state index contributed by atoms with van der Waals surface area (Å²) in [5, 5.41) is 6.71. The highest BCUT2D eigenvalue weighted by Crippen LogP contribution is 2.35. The summed E-state index contributed by atoms with van der Waals surface area (Å²) in [6, 6.07) is 18.1. The molecule has 3 aromatic rings. The molecular weight excluding hydrogens is 340 g/mol. The van der Waals surface area contributed by atoms with Gasteiger partial charge in [0, 0.05) is 29.4 Å². The number of hydrogen-bond acceptors (Lipinski definition) is 6. The van der Waals surface area contributed by atoms with Crippen molar-refractivity contribution in [1.82, 2.24) is 9.97 Å². The average Bonchev–Trinajstić information content (AvgIpc) is 3.16. The number of benzene rings is 2. The molecule has 6 nitrogen and oxygen atoms in total. The SMILES string of the molecule is CCC(C)Nc1cc(-c2ccccc2)nc(Nc2ccc3c(c2)OCO3)n1. The minimum Gasteiger partial charge on any atom is -0.454 e. The lowest BCUT2D eigenvalue weighted by Gasteiger charge is -2.15. The second kappa shape index (κ2) is 7.53. The summed E-state index contributed by atoms with van der Waals surface area (Å²) in [6.45, 7) is 4.53. The van der Waals surface area contributed by atoms with E-state index in [0.29, 0.717) is 12.0 Å². The second-order valence-corrected chi connectivity index (χ2v) is 6.47. The van der Waals surface area contributed by atoms with E-state index in [2.05, 4.69) is 29.5 Å². The number of fused-ring (bicyclic) bond motifs is 1. The third-order valence-electron chi connectivity index (χ3n) is 4.43. The molecule has 1 aromatic heterocycles. The van der Waals surface area contributed by atoms with Crippen LogP contribution in [0.1, 0.15) is 20.3 Å². The summed E-state index contributed by atoms with van der Waals surface area (Å²) in [5.41, 5.74) is 2.75. The van der Waals surface area contributed by atoms with E-state index in [-0.39, 0.29) is 6.79 Å². The molecule has 1 aliphatic heterocycles. The summed E-state index contributed by atoms with van der Waals surface area (Å²) < 4.78 is 10.8. The minimum atomic E-state index is 0.252. The van der Waals surface area contributed by atoms with Crippen molar-refractivity contribution in [1.29, 1.82) is 0 Å². The standard InChI is InChI=1S/C21H22N4O2/c1-3-14(2)22-20-12-17(15-7-5-4-6-8-15)24-21(25-20)23-16-9-10-18-19(11-16)27-13-26-18/h4-12,14H,3,13H2,1-2H3,(H2,22,23,24,25). The number of aromatic nitrogens is 2. The molecule has 0 bridgehead atoms. The Kier molecular flexibility index (Phi) is 4.78. The highest BCUT2D eigenvalue weighted by atomic mass is 16.7. The maximum absolute atomic E-state index is 5.45. The fraction of sp³-hybridized carbons (Fsp3) is 0.238. The maximum atomic E-state index is 5.45. The molecule has 1 atom stereocenters. The van der Waals surface area contributed by atoms with Crippen LogP contribution in [0, 0.1) is 0 Å². The van der Waals surface area contributed by atoms with Gasteiger partial charge < -0.3 is 20.1 Å². The Balaban J connectivity index is 1.67. The van der Waals surface area contributed by atoms with Gasteiger partial charge in [-0.1, -0.05) is 37.3 Å². The molecule has 2 heterocycles. The van der Waals surface area contributed by atoms with Crippen LogP contribution in [0.3, 0.4) is 0 Å². The Hall–Kier alpha value is -3.28. The number of rotatable bonds is 6. The van der Waals surface area contributed by atoms with E-state index in [1.165, 1.54) is 0 Å². The van der Waals surface area contributed by atoms with Crippen molar-refractivity contribution in [2.75, 3.05) is 17.4 Å². The molecule has 0 radical (unpaired) electrons. The molecule has 0 amide bonds. The Morgan fingerprint density at radius 1 is 1.00 bits per heavy atom. The van der Waals surface area contributed by atoms with E-state index in [1.807, 2.05) is 54.6 Å². The normalized spacial score (nSPS) is 13.3. The highest BCUT2D eigenvalue weighted by Gasteiger charge is 2.14. The first-order valence-corrected chi connectivity index (χ1v) is 9.09. The molecule has 2 N–H and O–H groups in total. The van der Waals surface area contributed by atoms with Crippen LogP contribution in [0.25, 0.3) is 11.3 Å². The molecular formula is C21H22N4O2. The summed E-state index contributed by atoms with van der Waals surface area (Å²) in [4.78, 5) is 9.32. The summed E-state index contributed by atoms with van der Waals surface area (Å²) in [6.07, 6.45) is 1.01. The molecule has 0 saturated heterocycles.